The third-order valence-corrected chi connectivity index (χ3v) is 2.70. The summed E-state index contributed by atoms with van der Waals surface area (Å²) in [5, 5.41) is 2.16. The van der Waals surface area contributed by atoms with Crippen LogP contribution in [0.1, 0.15) is 11.1 Å². The molecule has 0 aliphatic heterocycles. The molecule has 1 heterocycles. The molecule has 0 amide bonds. The number of nitrogens with zero attached hydrogens (tertiary/aromatic N) is 1. The fourth-order valence-corrected chi connectivity index (χ4v) is 1.79. The summed E-state index contributed by atoms with van der Waals surface area (Å²) < 4.78 is 51.5. The van der Waals surface area contributed by atoms with Crippen molar-refractivity contribution in [2.24, 2.45) is 0 Å². The van der Waals surface area contributed by atoms with Crippen molar-refractivity contribution in [2.75, 3.05) is 5.32 Å². The maximum atomic E-state index is 13.6. The molecule has 2 rings (SSSR count). The van der Waals surface area contributed by atoms with E-state index in [2.05, 4.69) is 10.3 Å². The van der Waals surface area contributed by atoms with Crippen LogP contribution in [0.15, 0.2) is 30.3 Å². The molecule has 0 aliphatic carbocycles. The molecule has 0 bridgehead atoms. The van der Waals surface area contributed by atoms with Gasteiger partial charge in [-0.05, 0) is 36.8 Å². The number of benzene rings is 1. The highest BCUT2D eigenvalue weighted by Crippen LogP contribution is 2.32. The van der Waals surface area contributed by atoms with E-state index in [-0.39, 0.29) is 16.7 Å². The van der Waals surface area contributed by atoms with E-state index in [0.29, 0.717) is 11.6 Å². The second-order valence-electron chi connectivity index (χ2n) is 4.17. The average molecular weight is 305 g/mol. The maximum absolute atomic E-state index is 13.6. The van der Waals surface area contributed by atoms with E-state index < -0.39 is 17.6 Å². The largest absolute Gasteiger partial charge is 0.416 e. The fourth-order valence-electron chi connectivity index (χ4n) is 1.58. The van der Waals surface area contributed by atoms with E-state index in [1.54, 1.807) is 13.0 Å². The van der Waals surface area contributed by atoms with Gasteiger partial charge in [-0.1, -0.05) is 17.7 Å². The topological polar surface area (TPSA) is 24.9 Å². The highest BCUT2D eigenvalue weighted by Gasteiger charge is 2.31. The zero-order valence-electron chi connectivity index (χ0n) is 10.2. The predicted octanol–water partition coefficient (Wildman–Crippen LogP) is 4.94. The predicted molar refractivity (Wildman–Crippen MR) is 68.7 cm³/mol. The summed E-state index contributed by atoms with van der Waals surface area (Å²) in [6.45, 7) is 1.70. The quantitative estimate of drug-likeness (QED) is 0.627. The molecule has 7 heteroatoms. The zero-order valence-corrected chi connectivity index (χ0v) is 11.0. The van der Waals surface area contributed by atoms with Gasteiger partial charge in [-0.15, -0.1) is 0 Å². The Morgan fingerprint density at radius 3 is 2.45 bits per heavy atom. The van der Waals surface area contributed by atoms with Crippen LogP contribution in [0.3, 0.4) is 0 Å². The molecule has 1 N–H and O–H groups in total. The van der Waals surface area contributed by atoms with E-state index >= 15 is 0 Å². The van der Waals surface area contributed by atoms with Crippen LogP contribution in [0.2, 0.25) is 5.15 Å². The van der Waals surface area contributed by atoms with E-state index in [1.165, 1.54) is 12.1 Å². The molecule has 0 saturated carbocycles. The van der Waals surface area contributed by atoms with Crippen molar-refractivity contribution in [3.63, 3.8) is 0 Å². The van der Waals surface area contributed by atoms with Gasteiger partial charge in [0.2, 0.25) is 0 Å². The van der Waals surface area contributed by atoms with E-state index in [0.717, 1.165) is 6.07 Å². The Labute approximate surface area is 117 Å². The molecular weight excluding hydrogens is 296 g/mol. The van der Waals surface area contributed by atoms with Crippen molar-refractivity contribution in [3.8, 4) is 0 Å². The zero-order chi connectivity index (χ0) is 14.9. The Kier molecular flexibility index (Phi) is 3.85. The van der Waals surface area contributed by atoms with Crippen LogP contribution < -0.4 is 5.32 Å². The van der Waals surface area contributed by atoms with E-state index in [4.69, 9.17) is 11.6 Å². The molecule has 0 spiro atoms. The van der Waals surface area contributed by atoms with Crippen LogP contribution in [0, 0.1) is 12.7 Å². The van der Waals surface area contributed by atoms with Crippen LogP contribution in [-0.2, 0) is 6.18 Å². The van der Waals surface area contributed by atoms with Crippen molar-refractivity contribution in [1.82, 2.24) is 4.98 Å². The number of aromatic nitrogens is 1. The third-order valence-electron chi connectivity index (χ3n) is 2.51. The lowest BCUT2D eigenvalue weighted by Crippen LogP contribution is -2.07. The highest BCUT2D eigenvalue weighted by molar-refractivity contribution is 6.29. The Balaban J connectivity index is 2.36. The summed E-state index contributed by atoms with van der Waals surface area (Å²) in [4.78, 5) is 3.69. The van der Waals surface area contributed by atoms with Crippen molar-refractivity contribution in [2.45, 2.75) is 13.1 Å². The Bertz CT molecular complexity index is 641. The SMILES string of the molecule is Cc1ccc(Nc2cc(C(F)(F)F)cc(Cl)n2)c(F)c1. The van der Waals surface area contributed by atoms with Crippen LogP contribution in [0.25, 0.3) is 0 Å². The van der Waals surface area contributed by atoms with Gasteiger partial charge in [0.15, 0.2) is 0 Å². The minimum atomic E-state index is -4.55. The second kappa shape index (κ2) is 5.28. The van der Waals surface area contributed by atoms with Crippen LogP contribution in [-0.4, -0.2) is 4.98 Å². The molecule has 0 radical (unpaired) electrons. The lowest BCUT2D eigenvalue weighted by atomic mass is 10.2. The lowest BCUT2D eigenvalue weighted by molar-refractivity contribution is -0.137. The number of hydrogen-bond acceptors (Lipinski definition) is 2. The molecule has 0 aliphatic rings. The van der Waals surface area contributed by atoms with E-state index in [9.17, 15) is 17.6 Å². The highest BCUT2D eigenvalue weighted by atomic mass is 35.5. The van der Waals surface area contributed by atoms with Gasteiger partial charge < -0.3 is 5.32 Å². The minimum absolute atomic E-state index is 0.0264. The van der Waals surface area contributed by atoms with Crippen molar-refractivity contribution < 1.29 is 17.6 Å². The van der Waals surface area contributed by atoms with Crippen LogP contribution >= 0.6 is 11.6 Å². The summed E-state index contributed by atoms with van der Waals surface area (Å²) in [5.41, 5.74) is -0.228. The lowest BCUT2D eigenvalue weighted by Gasteiger charge is -2.11. The summed E-state index contributed by atoms with van der Waals surface area (Å²) in [5.74, 6) is -0.757. The number of halogens is 5. The number of nitrogens with one attached hydrogen (secondary N) is 1. The normalized spacial score (nSPS) is 11.5. The van der Waals surface area contributed by atoms with Gasteiger partial charge in [0, 0.05) is 0 Å². The number of rotatable bonds is 2. The minimum Gasteiger partial charge on any atom is -0.338 e. The molecule has 0 fully saturated rings. The Morgan fingerprint density at radius 1 is 1.15 bits per heavy atom. The number of alkyl halides is 3. The first kappa shape index (κ1) is 14.6. The smallest absolute Gasteiger partial charge is 0.338 e. The van der Waals surface area contributed by atoms with Crippen LogP contribution in [0.5, 0.6) is 0 Å². The molecule has 2 aromatic rings. The van der Waals surface area contributed by atoms with Gasteiger partial charge in [0.05, 0.1) is 11.3 Å². The molecule has 106 valence electrons. The molecule has 1 aromatic carbocycles. The number of aryl methyl sites for hydroxylation is 1. The summed E-state index contributed by atoms with van der Waals surface area (Å²) >= 11 is 5.54. The number of pyridine rings is 1. The summed E-state index contributed by atoms with van der Waals surface area (Å²) in [6, 6.07) is 5.78. The Morgan fingerprint density at radius 2 is 1.85 bits per heavy atom. The molecular formula is C13H9ClF4N2. The first-order valence-corrected chi connectivity index (χ1v) is 5.91. The van der Waals surface area contributed by atoms with Gasteiger partial charge in [-0.2, -0.15) is 13.2 Å². The first-order valence-electron chi connectivity index (χ1n) is 5.53. The summed E-state index contributed by atoms with van der Waals surface area (Å²) in [7, 11) is 0. The Hall–Kier alpha value is -1.82. The van der Waals surface area contributed by atoms with Gasteiger partial charge in [0.25, 0.3) is 0 Å². The number of hydrogen-bond donors (Lipinski definition) is 1. The molecule has 1 aromatic heterocycles. The molecule has 0 unspecified atom stereocenters. The fraction of sp³-hybridized carbons (Fsp3) is 0.154. The molecule has 2 nitrogen and oxygen atoms in total. The van der Waals surface area contributed by atoms with Crippen molar-refractivity contribution >= 4 is 23.1 Å². The first-order chi connectivity index (χ1) is 9.25. The maximum Gasteiger partial charge on any atom is 0.416 e. The third kappa shape index (κ3) is 3.39. The summed E-state index contributed by atoms with van der Waals surface area (Å²) in [6.07, 6.45) is -4.55. The monoisotopic (exact) mass is 304 g/mol. The van der Waals surface area contributed by atoms with Crippen molar-refractivity contribution in [3.05, 3.63) is 52.4 Å². The standard InChI is InChI=1S/C13H9ClF4N2/c1-7-2-3-10(9(15)4-7)19-12-6-8(13(16,17)18)5-11(14)20-12/h2-6H,1H3,(H,19,20). The average Bonchev–Trinajstić information content (AvgIpc) is 2.31. The van der Waals surface area contributed by atoms with Gasteiger partial charge in [-0.25, -0.2) is 9.37 Å². The van der Waals surface area contributed by atoms with Crippen molar-refractivity contribution in [1.29, 1.82) is 0 Å². The number of anilines is 2. The van der Waals surface area contributed by atoms with Gasteiger partial charge in [-0.3, -0.25) is 0 Å². The molecule has 20 heavy (non-hydrogen) atoms. The van der Waals surface area contributed by atoms with Crippen LogP contribution in [0.4, 0.5) is 29.1 Å². The van der Waals surface area contributed by atoms with E-state index in [1.807, 2.05) is 0 Å². The molecule has 0 atom stereocenters. The second-order valence-corrected chi connectivity index (χ2v) is 4.56. The van der Waals surface area contributed by atoms with Gasteiger partial charge >= 0.3 is 6.18 Å². The van der Waals surface area contributed by atoms with Gasteiger partial charge in [0.1, 0.15) is 16.8 Å². The molecule has 0 saturated heterocycles.